The molecule has 4 atom stereocenters. The van der Waals surface area contributed by atoms with E-state index in [2.05, 4.69) is 26.1 Å². The third kappa shape index (κ3) is 27.6. The lowest BCUT2D eigenvalue weighted by molar-refractivity contribution is -0.0748. The van der Waals surface area contributed by atoms with Crippen LogP contribution < -0.4 is 16.8 Å². The largest absolute Gasteiger partial charge is 0.389 e. The fraction of sp³-hybridized carbons (Fsp3) is 1.00. The highest BCUT2D eigenvalue weighted by Gasteiger charge is 2.36. The zero-order chi connectivity index (χ0) is 34.0. The van der Waals surface area contributed by atoms with Crippen molar-refractivity contribution in [2.45, 2.75) is 205 Å². The van der Waals surface area contributed by atoms with Crippen molar-refractivity contribution in [2.24, 2.45) is 11.5 Å². The third-order valence-electron chi connectivity index (χ3n) is 9.71. The lowest BCUT2D eigenvalue weighted by Gasteiger charge is -2.39. The monoisotopic (exact) mass is 658 g/mol. The van der Waals surface area contributed by atoms with Gasteiger partial charge >= 0.3 is 0 Å². The van der Waals surface area contributed by atoms with Gasteiger partial charge in [-0.05, 0) is 33.2 Å². The average Bonchev–Trinajstić information content (AvgIpc) is 3.06. The smallest absolute Gasteiger partial charge is 0.0895 e. The average molecular weight is 658 g/mol. The molecule has 0 heterocycles. The topological polar surface area (TPSA) is 112 Å². The summed E-state index contributed by atoms with van der Waals surface area (Å²) in [6.45, 7) is 9.51. The van der Waals surface area contributed by atoms with Gasteiger partial charge in [0.2, 0.25) is 0 Å². The Bertz CT molecular complexity index is 600. The Morgan fingerprint density at radius 1 is 0.565 bits per heavy atom. The zero-order valence-electron chi connectivity index (χ0n) is 31.5. The van der Waals surface area contributed by atoms with E-state index in [1.807, 2.05) is 7.05 Å². The van der Waals surface area contributed by atoms with Crippen LogP contribution in [0.1, 0.15) is 181 Å². The number of aliphatic hydroxyl groups is 1. The van der Waals surface area contributed by atoms with Crippen molar-refractivity contribution in [3.05, 3.63) is 0 Å². The molecule has 0 aromatic heterocycles. The molecule has 0 saturated heterocycles. The van der Waals surface area contributed by atoms with Gasteiger partial charge in [0.25, 0.3) is 0 Å². The van der Waals surface area contributed by atoms with Crippen LogP contribution >= 0.6 is 0 Å². The molecular weight excluding hydrogens is 574 g/mol. The predicted molar refractivity (Wildman–Crippen MR) is 199 cm³/mol. The summed E-state index contributed by atoms with van der Waals surface area (Å²) in [5.74, 6) is 0. The number of rotatable bonds is 38. The fourth-order valence-electron chi connectivity index (χ4n) is 6.29. The Morgan fingerprint density at radius 3 is 1.37 bits per heavy atom. The van der Waals surface area contributed by atoms with Crippen LogP contribution in [-0.4, -0.2) is 75.5 Å². The molecule has 0 bridgehead atoms. The van der Waals surface area contributed by atoms with Gasteiger partial charge in [-0.25, -0.2) is 0 Å². The van der Waals surface area contributed by atoms with Crippen molar-refractivity contribution in [1.82, 2.24) is 5.32 Å². The summed E-state index contributed by atoms with van der Waals surface area (Å²) in [7, 11) is 1.95. The fourth-order valence-corrected chi connectivity index (χ4v) is 6.29. The number of hydrogen-bond donors (Lipinski definition) is 4. The summed E-state index contributed by atoms with van der Waals surface area (Å²) >= 11 is 0. The Hall–Kier alpha value is -0.280. The number of aliphatic hydroxyl groups excluding tert-OH is 1. The quantitative estimate of drug-likeness (QED) is 0.0491. The Labute approximate surface area is 287 Å². The minimum absolute atomic E-state index is 0.0421. The van der Waals surface area contributed by atoms with Crippen molar-refractivity contribution in [2.75, 3.05) is 46.6 Å². The van der Waals surface area contributed by atoms with Crippen LogP contribution in [0.3, 0.4) is 0 Å². The first kappa shape index (κ1) is 45.7. The van der Waals surface area contributed by atoms with E-state index in [1.165, 1.54) is 141 Å². The molecule has 0 aromatic carbocycles. The second-order valence-electron chi connectivity index (χ2n) is 14.2. The number of nitrogens with one attached hydrogen (secondary N) is 1. The second-order valence-corrected chi connectivity index (χ2v) is 14.2. The second kappa shape index (κ2) is 34.6. The van der Waals surface area contributed by atoms with E-state index in [4.69, 9.17) is 25.7 Å². The molecule has 46 heavy (non-hydrogen) atoms. The van der Waals surface area contributed by atoms with Gasteiger partial charge in [-0.2, -0.15) is 0 Å². The van der Waals surface area contributed by atoms with Crippen LogP contribution in [0.25, 0.3) is 0 Å². The van der Waals surface area contributed by atoms with Gasteiger partial charge in [-0.1, -0.05) is 155 Å². The van der Waals surface area contributed by atoms with Gasteiger partial charge in [-0.15, -0.1) is 0 Å². The van der Waals surface area contributed by atoms with E-state index >= 15 is 0 Å². The standard InChI is InChI=1S/C39H83N3O4/c1-5-7-9-11-13-15-17-19-21-23-25-27-29-44-35-37(31-39(3,42-4)38(33-41)46-34-36(43)32-40)45-30-28-26-24-22-20-18-16-14-12-10-8-6-2/h36-38,42-43H,5-35,40-41H2,1-4H3. The van der Waals surface area contributed by atoms with Crippen molar-refractivity contribution in [3.8, 4) is 0 Å². The van der Waals surface area contributed by atoms with Gasteiger partial charge in [0.1, 0.15) is 0 Å². The molecule has 0 aliphatic rings. The SMILES string of the molecule is CCCCCCCCCCCCCCOCC(CC(C)(NC)C(CN)OCC(O)CN)OCCCCCCCCCCCCCC. The van der Waals surface area contributed by atoms with Gasteiger partial charge in [0, 0.05) is 31.8 Å². The normalized spacial score (nSPS) is 15.2. The molecule has 0 aliphatic heterocycles. The molecule has 278 valence electrons. The maximum Gasteiger partial charge on any atom is 0.0895 e. The molecule has 0 rings (SSSR count). The van der Waals surface area contributed by atoms with Crippen molar-refractivity contribution >= 4 is 0 Å². The van der Waals surface area contributed by atoms with Crippen molar-refractivity contribution < 1.29 is 19.3 Å². The van der Waals surface area contributed by atoms with Crippen LogP contribution in [0.15, 0.2) is 0 Å². The van der Waals surface area contributed by atoms with Crippen LogP contribution in [0.2, 0.25) is 0 Å². The van der Waals surface area contributed by atoms with Gasteiger partial charge in [0.05, 0.1) is 31.5 Å². The van der Waals surface area contributed by atoms with Gasteiger partial charge in [-0.3, -0.25) is 0 Å². The molecule has 0 spiro atoms. The number of unbranched alkanes of at least 4 members (excludes halogenated alkanes) is 22. The number of hydrogen-bond acceptors (Lipinski definition) is 7. The van der Waals surface area contributed by atoms with Crippen LogP contribution in [-0.2, 0) is 14.2 Å². The summed E-state index contributed by atoms with van der Waals surface area (Å²) < 4.78 is 18.7. The number of ether oxygens (including phenoxy) is 3. The third-order valence-corrected chi connectivity index (χ3v) is 9.71. The van der Waals surface area contributed by atoms with Crippen molar-refractivity contribution in [3.63, 3.8) is 0 Å². The summed E-state index contributed by atoms with van der Waals surface area (Å²) in [5, 5.41) is 13.4. The highest BCUT2D eigenvalue weighted by atomic mass is 16.5. The summed E-state index contributed by atoms with van der Waals surface area (Å²) in [5.41, 5.74) is 11.3. The zero-order valence-corrected chi connectivity index (χ0v) is 31.5. The van der Waals surface area contributed by atoms with Crippen LogP contribution in [0.5, 0.6) is 0 Å². The van der Waals surface area contributed by atoms with E-state index in [0.29, 0.717) is 13.2 Å². The lowest BCUT2D eigenvalue weighted by Crippen LogP contribution is -2.57. The molecule has 0 amide bonds. The van der Waals surface area contributed by atoms with E-state index < -0.39 is 11.6 Å². The van der Waals surface area contributed by atoms with Gasteiger partial charge in [0.15, 0.2) is 0 Å². The lowest BCUT2D eigenvalue weighted by atomic mass is 9.88. The molecule has 4 unspecified atom stereocenters. The molecule has 0 fully saturated rings. The molecule has 7 heteroatoms. The highest BCUT2D eigenvalue weighted by molar-refractivity contribution is 4.94. The molecule has 6 N–H and O–H groups in total. The summed E-state index contributed by atoms with van der Waals surface area (Å²) in [6, 6.07) is 0. The Morgan fingerprint density at radius 2 is 0.978 bits per heavy atom. The molecular formula is C39H83N3O4. The summed E-state index contributed by atoms with van der Waals surface area (Å²) in [6.07, 6.45) is 31.9. The molecule has 0 aromatic rings. The molecule has 0 radical (unpaired) electrons. The van der Waals surface area contributed by atoms with Crippen LogP contribution in [0.4, 0.5) is 0 Å². The first-order valence-corrected chi connectivity index (χ1v) is 20.0. The minimum atomic E-state index is -0.688. The van der Waals surface area contributed by atoms with E-state index in [-0.39, 0.29) is 25.4 Å². The summed E-state index contributed by atoms with van der Waals surface area (Å²) in [4.78, 5) is 0. The Balaban J connectivity index is 4.46. The Kier molecular flexibility index (Phi) is 34.4. The molecule has 0 saturated carbocycles. The minimum Gasteiger partial charge on any atom is -0.389 e. The number of likely N-dealkylation sites (N-methyl/N-ethyl adjacent to an activating group) is 1. The molecule has 0 aliphatic carbocycles. The van der Waals surface area contributed by atoms with Crippen LogP contribution in [0, 0.1) is 0 Å². The predicted octanol–water partition coefficient (Wildman–Crippen LogP) is 8.82. The highest BCUT2D eigenvalue weighted by Crippen LogP contribution is 2.22. The van der Waals surface area contributed by atoms with E-state index in [9.17, 15) is 5.11 Å². The van der Waals surface area contributed by atoms with Gasteiger partial charge < -0.3 is 36.1 Å². The first-order valence-electron chi connectivity index (χ1n) is 20.0. The first-order chi connectivity index (χ1) is 22.5. The van der Waals surface area contributed by atoms with E-state index in [0.717, 1.165) is 32.5 Å². The van der Waals surface area contributed by atoms with E-state index in [1.54, 1.807) is 0 Å². The van der Waals surface area contributed by atoms with Crippen molar-refractivity contribution in [1.29, 1.82) is 0 Å². The maximum atomic E-state index is 9.95. The maximum absolute atomic E-state index is 9.95. The molecule has 7 nitrogen and oxygen atoms in total. The number of nitrogens with two attached hydrogens (primary N) is 2.